The number of nitro groups is 1. The highest BCUT2D eigenvalue weighted by Gasteiger charge is 2.21. The summed E-state index contributed by atoms with van der Waals surface area (Å²) >= 11 is 0.917. The fourth-order valence-corrected chi connectivity index (χ4v) is 2.21. The lowest BCUT2D eigenvalue weighted by atomic mass is 10.2. The summed E-state index contributed by atoms with van der Waals surface area (Å²) in [5, 5.41) is 20.1. The van der Waals surface area contributed by atoms with Gasteiger partial charge in [-0.2, -0.15) is 0 Å². The second-order valence-electron chi connectivity index (χ2n) is 2.73. The fourth-order valence-electron chi connectivity index (χ4n) is 1.27. The van der Waals surface area contributed by atoms with Crippen molar-refractivity contribution in [1.29, 1.82) is 0 Å². The lowest BCUT2D eigenvalue weighted by Crippen LogP contribution is -1.85. The number of anilines is 1. The van der Waals surface area contributed by atoms with E-state index in [0.29, 0.717) is 15.8 Å². The number of fused-ring (bicyclic) bond motifs is 1. The first-order valence-corrected chi connectivity index (χ1v) is 4.57. The Labute approximate surface area is 82.5 Å². The van der Waals surface area contributed by atoms with E-state index in [-0.39, 0.29) is 10.8 Å². The topological polar surface area (TPSA) is 89.4 Å². The van der Waals surface area contributed by atoms with Gasteiger partial charge in [-0.05, 0) is 12.1 Å². The molecule has 0 spiro atoms. The van der Waals surface area contributed by atoms with Crippen LogP contribution >= 0.6 is 11.3 Å². The van der Waals surface area contributed by atoms with Crippen molar-refractivity contribution < 1.29 is 10.0 Å². The summed E-state index contributed by atoms with van der Waals surface area (Å²) in [6.45, 7) is 0. The maximum atomic E-state index is 10.5. The Hall–Kier alpha value is -1.82. The number of aromatic hydroxyl groups is 1. The third-order valence-corrected chi connectivity index (χ3v) is 2.97. The molecule has 3 N–H and O–H groups in total. The molecule has 1 aromatic carbocycles. The van der Waals surface area contributed by atoms with E-state index in [0.717, 1.165) is 11.3 Å². The van der Waals surface area contributed by atoms with Crippen LogP contribution in [0.1, 0.15) is 0 Å². The lowest BCUT2D eigenvalue weighted by Gasteiger charge is -1.94. The van der Waals surface area contributed by atoms with Crippen molar-refractivity contribution in [1.82, 2.24) is 0 Å². The molecule has 0 fully saturated rings. The molecular weight excluding hydrogens is 204 g/mol. The molecule has 6 heteroatoms. The maximum Gasteiger partial charge on any atom is 0.366 e. The van der Waals surface area contributed by atoms with Gasteiger partial charge in [-0.25, -0.2) is 0 Å². The predicted octanol–water partition coefficient (Wildman–Crippen LogP) is 2.10. The standard InChI is InChI=1S/C8H6N2O3S/c9-4-2-1-3-5-6(4)7(11)8(14-5)10(12)13/h1-3,11H,9H2. The molecule has 2 aromatic rings. The smallest absolute Gasteiger partial charge is 0.366 e. The Morgan fingerprint density at radius 3 is 2.79 bits per heavy atom. The highest BCUT2D eigenvalue weighted by atomic mass is 32.1. The van der Waals surface area contributed by atoms with Crippen LogP contribution in [0.2, 0.25) is 0 Å². The summed E-state index contributed by atoms with van der Waals surface area (Å²) in [6.07, 6.45) is 0. The SMILES string of the molecule is Nc1cccc2sc([N+](=O)[O-])c(O)c12. The molecule has 0 bridgehead atoms. The lowest BCUT2D eigenvalue weighted by molar-refractivity contribution is -0.381. The first-order chi connectivity index (χ1) is 6.61. The zero-order valence-corrected chi connectivity index (χ0v) is 7.75. The minimum Gasteiger partial charge on any atom is -0.501 e. The molecule has 5 nitrogen and oxygen atoms in total. The van der Waals surface area contributed by atoms with Gasteiger partial charge in [0.2, 0.25) is 5.75 Å². The van der Waals surface area contributed by atoms with Gasteiger partial charge < -0.3 is 10.8 Å². The molecule has 1 aromatic heterocycles. The van der Waals surface area contributed by atoms with E-state index >= 15 is 0 Å². The molecule has 0 saturated carbocycles. The molecule has 2 rings (SSSR count). The average Bonchev–Trinajstić information content (AvgIpc) is 2.45. The quantitative estimate of drug-likeness (QED) is 0.428. The van der Waals surface area contributed by atoms with Crippen LogP contribution in [0.25, 0.3) is 10.1 Å². The molecule has 72 valence electrons. The van der Waals surface area contributed by atoms with Crippen LogP contribution in [-0.4, -0.2) is 10.0 Å². The van der Waals surface area contributed by atoms with E-state index in [1.165, 1.54) is 0 Å². The van der Waals surface area contributed by atoms with Crippen LogP contribution in [0.3, 0.4) is 0 Å². The van der Waals surface area contributed by atoms with E-state index < -0.39 is 4.92 Å². The van der Waals surface area contributed by atoms with E-state index in [4.69, 9.17) is 5.73 Å². The predicted molar refractivity (Wildman–Crippen MR) is 54.6 cm³/mol. The third kappa shape index (κ3) is 1.08. The summed E-state index contributed by atoms with van der Waals surface area (Å²) < 4.78 is 0.620. The van der Waals surface area contributed by atoms with Crippen LogP contribution in [0.4, 0.5) is 10.7 Å². The summed E-state index contributed by atoms with van der Waals surface area (Å²) in [4.78, 5) is 9.91. The number of rotatable bonds is 1. The van der Waals surface area contributed by atoms with Crippen molar-refractivity contribution in [3.8, 4) is 5.75 Å². The van der Waals surface area contributed by atoms with Crippen LogP contribution in [0.5, 0.6) is 5.75 Å². The first kappa shape index (κ1) is 8.76. The number of nitrogens with two attached hydrogens (primary N) is 1. The Morgan fingerprint density at radius 2 is 2.21 bits per heavy atom. The molecule has 1 heterocycles. The first-order valence-electron chi connectivity index (χ1n) is 3.75. The molecule has 0 saturated heterocycles. The van der Waals surface area contributed by atoms with Gasteiger partial charge in [0, 0.05) is 10.4 Å². The molecule has 0 radical (unpaired) electrons. The zero-order chi connectivity index (χ0) is 10.3. The van der Waals surface area contributed by atoms with Crippen molar-refractivity contribution in [2.45, 2.75) is 0 Å². The van der Waals surface area contributed by atoms with Gasteiger partial charge in [-0.1, -0.05) is 17.4 Å². The van der Waals surface area contributed by atoms with Gasteiger partial charge in [0.1, 0.15) is 0 Å². The molecule has 14 heavy (non-hydrogen) atoms. The second kappa shape index (κ2) is 2.85. The van der Waals surface area contributed by atoms with Crippen LogP contribution < -0.4 is 5.73 Å². The number of nitrogen functional groups attached to an aromatic ring is 1. The zero-order valence-electron chi connectivity index (χ0n) is 6.93. The summed E-state index contributed by atoms with van der Waals surface area (Å²) in [6, 6.07) is 4.97. The number of hydrogen-bond acceptors (Lipinski definition) is 5. The monoisotopic (exact) mass is 210 g/mol. The van der Waals surface area contributed by atoms with Crippen LogP contribution in [0, 0.1) is 10.1 Å². The molecule has 0 aliphatic carbocycles. The fraction of sp³-hybridized carbons (Fsp3) is 0. The van der Waals surface area contributed by atoms with Gasteiger partial charge in [0.05, 0.1) is 10.3 Å². The highest BCUT2D eigenvalue weighted by Crippen LogP contribution is 2.44. The van der Waals surface area contributed by atoms with Gasteiger partial charge >= 0.3 is 5.00 Å². The maximum absolute atomic E-state index is 10.5. The summed E-state index contributed by atoms with van der Waals surface area (Å²) in [5.74, 6) is -0.340. The summed E-state index contributed by atoms with van der Waals surface area (Å²) in [5.41, 5.74) is 5.95. The molecular formula is C8H6N2O3S. The number of hydrogen-bond donors (Lipinski definition) is 2. The van der Waals surface area contributed by atoms with Crippen LogP contribution in [-0.2, 0) is 0 Å². The Kier molecular flexibility index (Phi) is 1.78. The van der Waals surface area contributed by atoms with E-state index in [9.17, 15) is 15.2 Å². The molecule has 0 atom stereocenters. The minimum atomic E-state index is -0.612. The van der Waals surface area contributed by atoms with Gasteiger partial charge in [-0.3, -0.25) is 10.1 Å². The van der Waals surface area contributed by atoms with Crippen molar-refractivity contribution in [2.24, 2.45) is 0 Å². The Bertz CT molecular complexity index is 521. The van der Waals surface area contributed by atoms with Gasteiger partial charge in [0.15, 0.2) is 0 Å². The highest BCUT2D eigenvalue weighted by molar-refractivity contribution is 7.22. The summed E-state index contributed by atoms with van der Waals surface area (Å²) in [7, 11) is 0. The van der Waals surface area contributed by atoms with Gasteiger partial charge in [0.25, 0.3) is 0 Å². The third-order valence-electron chi connectivity index (χ3n) is 1.87. The molecule has 0 aliphatic heterocycles. The van der Waals surface area contributed by atoms with Crippen molar-refractivity contribution >= 4 is 32.1 Å². The van der Waals surface area contributed by atoms with E-state index in [2.05, 4.69) is 0 Å². The van der Waals surface area contributed by atoms with Crippen molar-refractivity contribution in [3.05, 3.63) is 28.3 Å². The molecule has 0 aliphatic rings. The average molecular weight is 210 g/mol. The number of benzene rings is 1. The molecule has 0 amide bonds. The van der Waals surface area contributed by atoms with E-state index in [1.54, 1.807) is 18.2 Å². The Morgan fingerprint density at radius 1 is 1.50 bits per heavy atom. The molecule has 0 unspecified atom stereocenters. The van der Waals surface area contributed by atoms with Crippen LogP contribution in [0.15, 0.2) is 18.2 Å². The minimum absolute atomic E-state index is 0.266. The normalized spacial score (nSPS) is 10.6. The van der Waals surface area contributed by atoms with Crippen molar-refractivity contribution in [2.75, 3.05) is 5.73 Å². The van der Waals surface area contributed by atoms with E-state index in [1.807, 2.05) is 0 Å². The largest absolute Gasteiger partial charge is 0.501 e. The Balaban J connectivity index is 2.87. The van der Waals surface area contributed by atoms with Crippen molar-refractivity contribution in [3.63, 3.8) is 0 Å². The van der Waals surface area contributed by atoms with Gasteiger partial charge in [-0.15, -0.1) is 0 Å². The number of thiophene rings is 1. The second-order valence-corrected chi connectivity index (χ2v) is 3.76. The number of nitrogens with zero attached hydrogens (tertiary/aromatic N) is 1.